The van der Waals surface area contributed by atoms with Gasteiger partial charge >= 0.3 is 5.97 Å². The summed E-state index contributed by atoms with van der Waals surface area (Å²) in [6.45, 7) is 9.36. The molecule has 1 aromatic rings. The lowest BCUT2D eigenvalue weighted by molar-refractivity contribution is -0.144. The van der Waals surface area contributed by atoms with Gasteiger partial charge in [-0.3, -0.25) is 9.69 Å². The number of nitrogens with zero attached hydrogens (tertiary/aromatic N) is 5. The summed E-state index contributed by atoms with van der Waals surface area (Å²) >= 11 is 0. The van der Waals surface area contributed by atoms with Gasteiger partial charge in [0.05, 0.1) is 18.8 Å². The molecule has 0 spiro atoms. The fraction of sp³-hybridized carbons (Fsp3) is 0.625. The van der Waals surface area contributed by atoms with Crippen LogP contribution in [0.25, 0.3) is 0 Å². The van der Waals surface area contributed by atoms with Crippen LogP contribution < -0.4 is 4.90 Å². The second-order valence-electron chi connectivity index (χ2n) is 5.64. The van der Waals surface area contributed by atoms with Crippen LogP contribution in [0.3, 0.4) is 0 Å². The second kappa shape index (κ2) is 7.88. The van der Waals surface area contributed by atoms with Crippen LogP contribution >= 0.6 is 0 Å². The number of esters is 1. The first-order valence-corrected chi connectivity index (χ1v) is 7.93. The number of hydrogen-bond acceptors (Lipinski definition) is 7. The monoisotopic (exact) mass is 317 g/mol. The number of carbonyl (C=O) groups excluding carboxylic acids is 1. The molecule has 1 aliphatic heterocycles. The maximum Gasteiger partial charge on any atom is 0.320 e. The number of rotatable bonds is 4. The maximum atomic E-state index is 11.6. The second-order valence-corrected chi connectivity index (χ2v) is 5.64. The van der Waals surface area contributed by atoms with Crippen molar-refractivity contribution in [1.29, 1.82) is 5.26 Å². The molecule has 7 nitrogen and oxygen atoms in total. The van der Waals surface area contributed by atoms with Gasteiger partial charge < -0.3 is 9.64 Å². The van der Waals surface area contributed by atoms with Gasteiger partial charge in [0.1, 0.15) is 11.6 Å². The number of anilines is 1. The topological polar surface area (TPSA) is 82.3 Å². The fourth-order valence-electron chi connectivity index (χ4n) is 2.68. The van der Waals surface area contributed by atoms with Crippen LogP contribution in [0.5, 0.6) is 0 Å². The Labute approximate surface area is 136 Å². The predicted octanol–water partition coefficient (Wildman–Crippen LogP) is 1.04. The van der Waals surface area contributed by atoms with Gasteiger partial charge in [0, 0.05) is 26.2 Å². The highest BCUT2D eigenvalue weighted by atomic mass is 16.5. The van der Waals surface area contributed by atoms with Gasteiger partial charge in [-0.1, -0.05) is 0 Å². The van der Waals surface area contributed by atoms with E-state index in [1.165, 1.54) is 0 Å². The molecular weight excluding hydrogens is 294 g/mol. The first-order valence-electron chi connectivity index (χ1n) is 7.93. The molecule has 0 saturated carbocycles. The number of nitriles is 1. The third-order valence-corrected chi connectivity index (χ3v) is 4.09. The van der Waals surface area contributed by atoms with Crippen molar-refractivity contribution in [2.45, 2.75) is 27.2 Å². The Balaban J connectivity index is 2.08. The molecule has 2 heterocycles. The SMILES string of the molecule is CCOC(=O)CN1CCCN(c2nnc(C)c(C)c2C#N)CC1. The zero-order valence-electron chi connectivity index (χ0n) is 14.0. The molecule has 0 N–H and O–H groups in total. The molecule has 0 aromatic carbocycles. The van der Waals surface area contributed by atoms with E-state index in [0.29, 0.717) is 31.1 Å². The van der Waals surface area contributed by atoms with Gasteiger partial charge in [-0.05, 0) is 32.8 Å². The molecular formula is C16H23N5O2. The molecule has 1 aromatic heterocycles. The minimum absolute atomic E-state index is 0.190. The molecule has 0 bridgehead atoms. The fourth-order valence-corrected chi connectivity index (χ4v) is 2.68. The molecule has 0 aliphatic carbocycles. The van der Waals surface area contributed by atoms with Crippen molar-refractivity contribution < 1.29 is 9.53 Å². The summed E-state index contributed by atoms with van der Waals surface area (Å²) in [6.07, 6.45) is 0.902. The zero-order valence-corrected chi connectivity index (χ0v) is 14.0. The van der Waals surface area contributed by atoms with Gasteiger partial charge in [-0.25, -0.2) is 0 Å². The summed E-state index contributed by atoms with van der Waals surface area (Å²) in [7, 11) is 0. The van der Waals surface area contributed by atoms with Crippen LogP contribution in [0.4, 0.5) is 5.82 Å². The normalized spacial score (nSPS) is 15.8. The third kappa shape index (κ3) is 4.17. The van der Waals surface area contributed by atoms with E-state index in [0.717, 1.165) is 37.3 Å². The molecule has 124 valence electrons. The predicted molar refractivity (Wildman–Crippen MR) is 86.1 cm³/mol. The van der Waals surface area contributed by atoms with E-state index in [1.54, 1.807) is 0 Å². The summed E-state index contributed by atoms with van der Waals surface area (Å²) in [5.74, 6) is 0.457. The highest BCUT2D eigenvalue weighted by Crippen LogP contribution is 2.22. The number of aromatic nitrogens is 2. The lowest BCUT2D eigenvalue weighted by atomic mass is 10.1. The van der Waals surface area contributed by atoms with Crippen LogP contribution in [0.2, 0.25) is 0 Å². The van der Waals surface area contributed by atoms with Crippen molar-refractivity contribution in [2.75, 3.05) is 44.2 Å². The quantitative estimate of drug-likeness (QED) is 0.767. The van der Waals surface area contributed by atoms with Crippen molar-refractivity contribution >= 4 is 11.8 Å². The van der Waals surface area contributed by atoms with E-state index >= 15 is 0 Å². The molecule has 7 heteroatoms. The lowest BCUT2D eigenvalue weighted by Crippen LogP contribution is -2.35. The minimum Gasteiger partial charge on any atom is -0.465 e. The molecule has 1 saturated heterocycles. The Kier molecular flexibility index (Phi) is 5.88. The van der Waals surface area contributed by atoms with E-state index in [-0.39, 0.29) is 5.97 Å². The molecule has 0 radical (unpaired) electrons. The Morgan fingerprint density at radius 2 is 2.04 bits per heavy atom. The van der Waals surface area contributed by atoms with Crippen LogP contribution in [0.1, 0.15) is 30.2 Å². The number of carbonyl (C=O) groups is 1. The third-order valence-electron chi connectivity index (χ3n) is 4.09. The molecule has 0 amide bonds. The van der Waals surface area contributed by atoms with Crippen molar-refractivity contribution in [2.24, 2.45) is 0 Å². The van der Waals surface area contributed by atoms with Crippen molar-refractivity contribution in [3.63, 3.8) is 0 Å². The van der Waals surface area contributed by atoms with E-state index in [4.69, 9.17) is 4.74 Å². The summed E-state index contributed by atoms with van der Waals surface area (Å²) in [6, 6.07) is 2.25. The molecule has 0 unspecified atom stereocenters. The van der Waals surface area contributed by atoms with Gasteiger partial charge in [0.2, 0.25) is 0 Å². The smallest absolute Gasteiger partial charge is 0.320 e. The standard InChI is InChI=1S/C16H23N5O2/c1-4-23-15(22)11-20-6-5-7-21(9-8-20)16-14(10-17)12(2)13(3)18-19-16/h4-9,11H2,1-3H3. The van der Waals surface area contributed by atoms with E-state index in [1.807, 2.05) is 20.8 Å². The Bertz CT molecular complexity index is 611. The van der Waals surface area contributed by atoms with Crippen LogP contribution in [-0.4, -0.2) is 60.4 Å². The van der Waals surface area contributed by atoms with Crippen molar-refractivity contribution in [1.82, 2.24) is 15.1 Å². The van der Waals surface area contributed by atoms with E-state index in [2.05, 4.69) is 26.1 Å². The zero-order chi connectivity index (χ0) is 16.8. The van der Waals surface area contributed by atoms with Crippen molar-refractivity contribution in [3.8, 4) is 6.07 Å². The van der Waals surface area contributed by atoms with Crippen LogP contribution in [0, 0.1) is 25.2 Å². The summed E-state index contributed by atoms with van der Waals surface area (Å²) in [4.78, 5) is 15.8. The van der Waals surface area contributed by atoms with Crippen LogP contribution in [0.15, 0.2) is 0 Å². The van der Waals surface area contributed by atoms with Gasteiger partial charge in [0.15, 0.2) is 5.82 Å². The molecule has 0 atom stereocenters. The highest BCUT2D eigenvalue weighted by Gasteiger charge is 2.22. The average Bonchev–Trinajstić information content (AvgIpc) is 2.75. The van der Waals surface area contributed by atoms with Gasteiger partial charge in [-0.15, -0.1) is 5.10 Å². The number of hydrogen-bond donors (Lipinski definition) is 0. The lowest BCUT2D eigenvalue weighted by Gasteiger charge is -2.23. The summed E-state index contributed by atoms with van der Waals surface area (Å²) in [5.41, 5.74) is 2.26. The van der Waals surface area contributed by atoms with Crippen LogP contribution in [-0.2, 0) is 9.53 Å². The Hall–Kier alpha value is -2.20. The molecule has 23 heavy (non-hydrogen) atoms. The Morgan fingerprint density at radius 1 is 1.26 bits per heavy atom. The summed E-state index contributed by atoms with van der Waals surface area (Å²) in [5, 5.41) is 17.8. The average molecular weight is 317 g/mol. The van der Waals surface area contributed by atoms with E-state index < -0.39 is 0 Å². The molecule has 1 fully saturated rings. The highest BCUT2D eigenvalue weighted by molar-refractivity contribution is 5.71. The number of ether oxygens (including phenoxy) is 1. The number of aryl methyl sites for hydroxylation is 1. The molecule has 2 rings (SSSR count). The first-order chi connectivity index (χ1) is 11.1. The maximum absolute atomic E-state index is 11.6. The van der Waals surface area contributed by atoms with Crippen molar-refractivity contribution in [3.05, 3.63) is 16.8 Å². The molecule has 1 aliphatic rings. The Morgan fingerprint density at radius 3 is 2.74 bits per heavy atom. The van der Waals surface area contributed by atoms with E-state index in [9.17, 15) is 10.1 Å². The summed E-state index contributed by atoms with van der Waals surface area (Å²) < 4.78 is 5.00. The first kappa shape index (κ1) is 17.2. The van der Waals surface area contributed by atoms with Gasteiger partial charge in [-0.2, -0.15) is 10.4 Å². The minimum atomic E-state index is -0.190. The van der Waals surface area contributed by atoms with Gasteiger partial charge in [0.25, 0.3) is 0 Å². The largest absolute Gasteiger partial charge is 0.465 e.